The van der Waals surface area contributed by atoms with Crippen molar-refractivity contribution in [3.05, 3.63) is 93.5 Å². The third kappa shape index (κ3) is 7.44. The summed E-state index contributed by atoms with van der Waals surface area (Å²) >= 11 is 1.62. The molecule has 2 atom stereocenters. The Kier molecular flexibility index (Phi) is 8.47. The van der Waals surface area contributed by atoms with Gasteiger partial charge < -0.3 is 9.84 Å². The molecule has 36 heavy (non-hydrogen) atoms. The lowest BCUT2D eigenvalue weighted by atomic mass is 9.98. The van der Waals surface area contributed by atoms with E-state index in [0.717, 1.165) is 29.1 Å². The summed E-state index contributed by atoms with van der Waals surface area (Å²) in [4.78, 5) is 9.30. The summed E-state index contributed by atoms with van der Waals surface area (Å²) in [5.74, 6) is 1.17. The van der Waals surface area contributed by atoms with E-state index in [4.69, 9.17) is 14.1 Å². The predicted molar refractivity (Wildman–Crippen MR) is 139 cm³/mol. The van der Waals surface area contributed by atoms with Crippen LogP contribution in [0, 0.1) is 6.92 Å². The third-order valence-electron chi connectivity index (χ3n) is 5.70. The van der Waals surface area contributed by atoms with E-state index in [-0.39, 0.29) is 12.0 Å². The van der Waals surface area contributed by atoms with Crippen LogP contribution < -0.4 is 10.0 Å². The first-order valence-corrected chi connectivity index (χ1v) is 14.0. The second kappa shape index (κ2) is 11.7. The molecule has 0 saturated heterocycles. The van der Waals surface area contributed by atoms with Crippen molar-refractivity contribution in [3.8, 4) is 0 Å². The molecule has 3 N–H and O–H groups in total. The minimum Gasteiger partial charge on any atom is -0.339 e. The summed E-state index contributed by atoms with van der Waals surface area (Å²) in [6.07, 6.45) is 2.25. The highest BCUT2D eigenvalue weighted by Crippen LogP contribution is 2.26. The van der Waals surface area contributed by atoms with Crippen molar-refractivity contribution >= 4 is 27.3 Å². The number of hydrogen-bond acceptors (Lipinski definition) is 8. The summed E-state index contributed by atoms with van der Waals surface area (Å²) in [5, 5.41) is 10.7. The van der Waals surface area contributed by atoms with Crippen LogP contribution in [0.25, 0.3) is 0 Å². The zero-order valence-electron chi connectivity index (χ0n) is 20.1. The number of rotatable bonds is 12. The minimum absolute atomic E-state index is 0.0250. The predicted octanol–water partition coefficient (Wildman–Crippen LogP) is 4.51. The monoisotopic (exact) mass is 527 g/mol. The lowest BCUT2D eigenvalue weighted by molar-refractivity contribution is 0.337. The van der Waals surface area contributed by atoms with Gasteiger partial charge in [0.05, 0.1) is 23.3 Å². The summed E-state index contributed by atoms with van der Waals surface area (Å²) < 4.78 is 38.8. The Bertz CT molecular complexity index is 1350. The number of thiazole rings is 1. The summed E-state index contributed by atoms with van der Waals surface area (Å²) in [6, 6.07) is 17.0. The largest absolute Gasteiger partial charge is 0.357 e. The smallest absolute Gasteiger partial charge is 0.339 e. The molecular weight excluding hydrogens is 498 g/mol. The average Bonchev–Trinajstić information content (AvgIpc) is 3.51. The highest BCUT2D eigenvalue weighted by atomic mass is 32.2. The highest BCUT2D eigenvalue weighted by molar-refractivity contribution is 7.87. The van der Waals surface area contributed by atoms with E-state index in [1.54, 1.807) is 23.5 Å². The molecule has 0 aliphatic heterocycles. The molecule has 11 heteroatoms. The molecule has 4 rings (SSSR count). The van der Waals surface area contributed by atoms with Crippen LogP contribution in [0.15, 0.2) is 64.5 Å². The van der Waals surface area contributed by atoms with E-state index in [1.807, 2.05) is 37.3 Å². The second-order valence-corrected chi connectivity index (χ2v) is 10.6. The number of nitrogens with one attached hydrogen (secondary N) is 2. The van der Waals surface area contributed by atoms with Gasteiger partial charge in [-0.2, -0.15) is 13.4 Å². The number of hydrogen-bond donors (Lipinski definition) is 3. The van der Waals surface area contributed by atoms with Crippen molar-refractivity contribution in [1.29, 1.82) is 0 Å². The quantitative estimate of drug-likeness (QED) is 0.229. The van der Waals surface area contributed by atoms with Gasteiger partial charge in [-0.1, -0.05) is 54.5 Å². The van der Waals surface area contributed by atoms with Crippen molar-refractivity contribution in [3.63, 3.8) is 0 Å². The Labute approximate surface area is 214 Å². The molecule has 0 aliphatic rings. The Balaban J connectivity index is 1.53. The van der Waals surface area contributed by atoms with Gasteiger partial charge in [0.1, 0.15) is 5.01 Å². The van der Waals surface area contributed by atoms with Crippen molar-refractivity contribution in [1.82, 2.24) is 20.4 Å². The first kappa shape index (κ1) is 26.0. The Morgan fingerprint density at radius 3 is 2.36 bits per heavy atom. The SMILES string of the molecule is CCc1csc(C(Cc2ccc(NS(=O)(=O)O)cc2)NCC(Cc2ccccc2)c2nc(C)no2)n1. The molecule has 0 saturated carbocycles. The summed E-state index contributed by atoms with van der Waals surface area (Å²) in [7, 11) is -4.32. The molecule has 2 aromatic carbocycles. The fraction of sp³-hybridized carbons (Fsp3) is 0.320. The molecule has 0 spiro atoms. The van der Waals surface area contributed by atoms with Gasteiger partial charge in [-0.15, -0.1) is 11.3 Å². The highest BCUT2D eigenvalue weighted by Gasteiger charge is 2.23. The lowest BCUT2D eigenvalue weighted by Crippen LogP contribution is -2.29. The van der Waals surface area contributed by atoms with Crippen LogP contribution in [0.1, 0.15) is 52.4 Å². The molecule has 2 unspecified atom stereocenters. The van der Waals surface area contributed by atoms with E-state index in [1.165, 1.54) is 5.56 Å². The second-order valence-electron chi connectivity index (χ2n) is 8.54. The Hall–Kier alpha value is -3.12. The maximum atomic E-state index is 11.1. The van der Waals surface area contributed by atoms with Gasteiger partial charge in [-0.3, -0.25) is 9.27 Å². The minimum atomic E-state index is -4.32. The first-order chi connectivity index (χ1) is 17.3. The molecule has 0 fully saturated rings. The van der Waals surface area contributed by atoms with Crippen LogP contribution in [0.5, 0.6) is 0 Å². The zero-order valence-corrected chi connectivity index (χ0v) is 21.7. The van der Waals surface area contributed by atoms with Crippen molar-refractivity contribution < 1.29 is 17.5 Å². The summed E-state index contributed by atoms with van der Waals surface area (Å²) in [5.41, 5.74) is 3.52. The van der Waals surface area contributed by atoms with Crippen molar-refractivity contribution in [2.24, 2.45) is 0 Å². The van der Waals surface area contributed by atoms with Gasteiger partial charge in [0.2, 0.25) is 5.89 Å². The van der Waals surface area contributed by atoms with Gasteiger partial charge in [-0.25, -0.2) is 4.98 Å². The van der Waals surface area contributed by atoms with E-state index in [2.05, 4.69) is 44.6 Å². The van der Waals surface area contributed by atoms with Crippen LogP contribution >= 0.6 is 11.3 Å². The van der Waals surface area contributed by atoms with Gasteiger partial charge in [0.15, 0.2) is 5.82 Å². The Morgan fingerprint density at radius 1 is 1.03 bits per heavy atom. The van der Waals surface area contributed by atoms with Crippen LogP contribution in [-0.2, 0) is 29.6 Å². The molecule has 0 amide bonds. The number of nitrogens with zero attached hydrogens (tertiary/aromatic N) is 3. The van der Waals surface area contributed by atoms with Crippen LogP contribution in [0.2, 0.25) is 0 Å². The normalized spacial score (nSPS) is 13.4. The van der Waals surface area contributed by atoms with Crippen molar-refractivity contribution in [2.75, 3.05) is 11.3 Å². The number of benzene rings is 2. The molecule has 9 nitrogen and oxygen atoms in total. The number of aryl methyl sites for hydroxylation is 2. The number of aromatic nitrogens is 3. The third-order valence-corrected chi connectivity index (χ3v) is 7.20. The van der Waals surface area contributed by atoms with E-state index < -0.39 is 10.3 Å². The molecule has 0 bridgehead atoms. The topological polar surface area (TPSA) is 130 Å². The molecule has 0 radical (unpaired) electrons. The average molecular weight is 528 g/mol. The van der Waals surface area contributed by atoms with E-state index >= 15 is 0 Å². The maximum absolute atomic E-state index is 11.1. The van der Waals surface area contributed by atoms with Crippen LogP contribution in [0.3, 0.4) is 0 Å². The summed E-state index contributed by atoms with van der Waals surface area (Å²) in [6.45, 7) is 4.49. The maximum Gasteiger partial charge on any atom is 0.357 e. The van der Waals surface area contributed by atoms with Crippen molar-refractivity contribution in [2.45, 2.75) is 45.1 Å². The van der Waals surface area contributed by atoms with E-state index in [0.29, 0.717) is 30.4 Å². The fourth-order valence-corrected chi connectivity index (χ4v) is 5.31. The van der Waals surface area contributed by atoms with Crippen LogP contribution in [0.4, 0.5) is 5.69 Å². The van der Waals surface area contributed by atoms with Gasteiger partial charge in [0, 0.05) is 11.9 Å². The number of anilines is 1. The molecule has 2 aromatic heterocycles. The Morgan fingerprint density at radius 2 is 1.75 bits per heavy atom. The van der Waals surface area contributed by atoms with Gasteiger partial charge in [-0.05, 0) is 49.4 Å². The first-order valence-electron chi connectivity index (χ1n) is 11.6. The fourth-order valence-electron chi connectivity index (χ4n) is 3.89. The molecule has 4 aromatic rings. The standard InChI is InChI=1S/C25H29N5O4S2/c1-3-21-16-35-25(28-21)23(14-19-9-11-22(12-10-19)30-36(31,32)33)26-15-20(24-27-17(2)29-34-24)13-18-7-5-4-6-8-18/h4-12,16,20,23,26,30H,3,13-15H2,1-2H3,(H,31,32,33). The molecule has 0 aliphatic carbocycles. The zero-order chi connectivity index (χ0) is 25.5. The molecule has 2 heterocycles. The van der Waals surface area contributed by atoms with Gasteiger partial charge >= 0.3 is 10.3 Å². The molecular formula is C25H29N5O4S2. The lowest BCUT2D eigenvalue weighted by Gasteiger charge is -2.21. The van der Waals surface area contributed by atoms with Gasteiger partial charge in [0.25, 0.3) is 0 Å². The molecule has 190 valence electrons. The van der Waals surface area contributed by atoms with Crippen LogP contribution in [-0.4, -0.2) is 34.6 Å². The van der Waals surface area contributed by atoms with E-state index in [9.17, 15) is 8.42 Å².